The summed E-state index contributed by atoms with van der Waals surface area (Å²) < 4.78 is 16.0. The van der Waals surface area contributed by atoms with Crippen LogP contribution >= 0.6 is 0 Å². The van der Waals surface area contributed by atoms with Crippen LogP contribution in [0.2, 0.25) is 0 Å². The van der Waals surface area contributed by atoms with Crippen molar-refractivity contribution < 1.29 is 19.0 Å². The Morgan fingerprint density at radius 3 is 2.79 bits per heavy atom. The first-order valence-corrected chi connectivity index (χ1v) is 9.45. The molecule has 148 valence electrons. The predicted molar refractivity (Wildman–Crippen MR) is 104 cm³/mol. The quantitative estimate of drug-likeness (QED) is 0.748. The number of aromatic nitrogens is 1. The third-order valence-electron chi connectivity index (χ3n) is 4.75. The fourth-order valence-corrected chi connectivity index (χ4v) is 3.13. The molecule has 0 aliphatic carbocycles. The van der Waals surface area contributed by atoms with Crippen LogP contribution in [0.15, 0.2) is 36.5 Å². The number of amides is 1. The van der Waals surface area contributed by atoms with E-state index in [4.69, 9.17) is 14.2 Å². The summed E-state index contributed by atoms with van der Waals surface area (Å²) in [5, 5.41) is 6.21. The van der Waals surface area contributed by atoms with Crippen LogP contribution in [0.3, 0.4) is 0 Å². The molecule has 1 aromatic carbocycles. The Balaban J connectivity index is 1.23. The van der Waals surface area contributed by atoms with E-state index >= 15 is 0 Å². The highest BCUT2D eigenvalue weighted by molar-refractivity contribution is 5.92. The third kappa shape index (κ3) is 4.71. The molecule has 3 heterocycles. The standard InChI is InChI=1S/C20H24N4O4/c25-20(21-5-6-24-7-9-26-10-8-24)17-3-2-16(13-23-17)22-12-15-1-4-18-19(11-15)28-14-27-18/h1-4,11,13,22H,5-10,12,14H2,(H,21,25). The molecule has 0 unspecified atom stereocenters. The summed E-state index contributed by atoms with van der Waals surface area (Å²) in [4.78, 5) is 18.8. The summed E-state index contributed by atoms with van der Waals surface area (Å²) >= 11 is 0. The Morgan fingerprint density at radius 2 is 1.96 bits per heavy atom. The van der Waals surface area contributed by atoms with Gasteiger partial charge in [-0.15, -0.1) is 0 Å². The third-order valence-corrected chi connectivity index (χ3v) is 4.75. The molecule has 4 rings (SSSR count). The second-order valence-corrected chi connectivity index (χ2v) is 6.68. The second-order valence-electron chi connectivity index (χ2n) is 6.68. The number of carbonyl (C=O) groups is 1. The lowest BCUT2D eigenvalue weighted by Gasteiger charge is -2.26. The number of morpholine rings is 1. The van der Waals surface area contributed by atoms with Gasteiger partial charge >= 0.3 is 0 Å². The molecular weight excluding hydrogens is 360 g/mol. The molecule has 0 bridgehead atoms. The number of hydrogen-bond acceptors (Lipinski definition) is 7. The van der Waals surface area contributed by atoms with Gasteiger partial charge < -0.3 is 24.8 Å². The highest BCUT2D eigenvalue weighted by Gasteiger charge is 2.13. The molecular formula is C20H24N4O4. The SMILES string of the molecule is O=C(NCCN1CCOCC1)c1ccc(NCc2ccc3c(c2)OCO3)cn1. The Morgan fingerprint density at radius 1 is 1.11 bits per heavy atom. The number of benzene rings is 1. The number of pyridine rings is 1. The Bertz CT molecular complexity index is 806. The lowest BCUT2D eigenvalue weighted by atomic mass is 10.2. The molecule has 28 heavy (non-hydrogen) atoms. The number of nitrogens with zero attached hydrogens (tertiary/aromatic N) is 2. The number of carbonyl (C=O) groups excluding carboxylic acids is 1. The van der Waals surface area contributed by atoms with E-state index in [9.17, 15) is 4.79 Å². The van der Waals surface area contributed by atoms with Crippen molar-refractivity contribution in [3.63, 3.8) is 0 Å². The summed E-state index contributed by atoms with van der Waals surface area (Å²) in [5.41, 5.74) is 2.34. The number of ether oxygens (including phenoxy) is 3. The molecule has 0 radical (unpaired) electrons. The highest BCUT2D eigenvalue weighted by Crippen LogP contribution is 2.32. The maximum absolute atomic E-state index is 12.2. The maximum Gasteiger partial charge on any atom is 0.269 e. The number of nitrogens with one attached hydrogen (secondary N) is 2. The van der Waals surface area contributed by atoms with Crippen molar-refractivity contribution in [2.75, 3.05) is 51.5 Å². The molecule has 1 amide bonds. The van der Waals surface area contributed by atoms with Crippen LogP contribution in [-0.2, 0) is 11.3 Å². The molecule has 0 spiro atoms. The van der Waals surface area contributed by atoms with Crippen LogP contribution < -0.4 is 20.1 Å². The van der Waals surface area contributed by atoms with Crippen molar-refractivity contribution in [1.29, 1.82) is 0 Å². The molecule has 2 aliphatic heterocycles. The average molecular weight is 384 g/mol. The van der Waals surface area contributed by atoms with Gasteiger partial charge in [0.15, 0.2) is 11.5 Å². The van der Waals surface area contributed by atoms with Gasteiger partial charge in [-0.25, -0.2) is 4.98 Å². The number of fused-ring (bicyclic) bond motifs is 1. The van der Waals surface area contributed by atoms with Crippen LogP contribution in [0.1, 0.15) is 16.1 Å². The van der Waals surface area contributed by atoms with Gasteiger partial charge in [-0.05, 0) is 29.8 Å². The average Bonchev–Trinajstić information content (AvgIpc) is 3.21. The number of rotatable bonds is 7. The minimum absolute atomic E-state index is 0.157. The number of hydrogen-bond donors (Lipinski definition) is 2. The van der Waals surface area contributed by atoms with E-state index in [1.165, 1.54) is 0 Å². The van der Waals surface area contributed by atoms with Crippen LogP contribution in [-0.4, -0.2) is 62.0 Å². The van der Waals surface area contributed by atoms with E-state index in [0.717, 1.165) is 55.6 Å². The minimum Gasteiger partial charge on any atom is -0.454 e. The lowest BCUT2D eigenvalue weighted by molar-refractivity contribution is 0.0383. The Hall–Kier alpha value is -2.84. The zero-order chi connectivity index (χ0) is 19.2. The first-order chi connectivity index (χ1) is 13.8. The Labute approximate surface area is 163 Å². The van der Waals surface area contributed by atoms with Crippen molar-refractivity contribution in [3.05, 3.63) is 47.8 Å². The van der Waals surface area contributed by atoms with Crippen molar-refractivity contribution in [2.45, 2.75) is 6.54 Å². The van der Waals surface area contributed by atoms with E-state index in [2.05, 4.69) is 20.5 Å². The summed E-state index contributed by atoms with van der Waals surface area (Å²) in [6.07, 6.45) is 1.67. The van der Waals surface area contributed by atoms with E-state index in [-0.39, 0.29) is 12.7 Å². The molecule has 2 aliphatic rings. The van der Waals surface area contributed by atoms with E-state index < -0.39 is 0 Å². The van der Waals surface area contributed by atoms with E-state index in [1.54, 1.807) is 12.3 Å². The van der Waals surface area contributed by atoms with Gasteiger partial charge in [0, 0.05) is 32.7 Å². The van der Waals surface area contributed by atoms with Gasteiger partial charge in [0.1, 0.15) is 5.69 Å². The largest absolute Gasteiger partial charge is 0.454 e. The van der Waals surface area contributed by atoms with Crippen LogP contribution in [0.4, 0.5) is 5.69 Å². The van der Waals surface area contributed by atoms with Gasteiger partial charge in [0.25, 0.3) is 5.91 Å². The molecule has 8 nitrogen and oxygen atoms in total. The fourth-order valence-electron chi connectivity index (χ4n) is 3.13. The zero-order valence-corrected chi connectivity index (χ0v) is 15.6. The van der Waals surface area contributed by atoms with Gasteiger partial charge in [-0.2, -0.15) is 0 Å². The van der Waals surface area contributed by atoms with E-state index in [1.807, 2.05) is 24.3 Å². The summed E-state index contributed by atoms with van der Waals surface area (Å²) in [6.45, 7) is 5.67. The molecule has 1 aromatic heterocycles. The highest BCUT2D eigenvalue weighted by atomic mass is 16.7. The van der Waals surface area contributed by atoms with Crippen LogP contribution in [0.25, 0.3) is 0 Å². The summed E-state index contributed by atoms with van der Waals surface area (Å²) in [5.74, 6) is 1.38. The molecule has 0 atom stereocenters. The van der Waals surface area contributed by atoms with Crippen molar-refractivity contribution in [3.8, 4) is 11.5 Å². The molecule has 1 saturated heterocycles. The fraction of sp³-hybridized carbons (Fsp3) is 0.400. The molecule has 2 N–H and O–H groups in total. The first kappa shape index (κ1) is 18.5. The maximum atomic E-state index is 12.2. The Kier molecular flexibility index (Phi) is 5.89. The molecule has 1 fully saturated rings. The van der Waals surface area contributed by atoms with Gasteiger partial charge in [-0.3, -0.25) is 9.69 Å². The number of anilines is 1. The van der Waals surface area contributed by atoms with Crippen molar-refractivity contribution >= 4 is 11.6 Å². The van der Waals surface area contributed by atoms with Crippen molar-refractivity contribution in [1.82, 2.24) is 15.2 Å². The van der Waals surface area contributed by atoms with E-state index in [0.29, 0.717) is 18.8 Å². The lowest BCUT2D eigenvalue weighted by Crippen LogP contribution is -2.41. The molecule has 0 saturated carbocycles. The monoisotopic (exact) mass is 384 g/mol. The van der Waals surface area contributed by atoms with Crippen LogP contribution in [0.5, 0.6) is 11.5 Å². The summed E-state index contributed by atoms with van der Waals surface area (Å²) in [7, 11) is 0. The zero-order valence-electron chi connectivity index (χ0n) is 15.6. The molecule has 8 heteroatoms. The van der Waals surface area contributed by atoms with Gasteiger partial charge in [-0.1, -0.05) is 6.07 Å². The normalized spacial score (nSPS) is 16.0. The van der Waals surface area contributed by atoms with Gasteiger partial charge in [0.05, 0.1) is 25.1 Å². The van der Waals surface area contributed by atoms with Gasteiger partial charge in [0.2, 0.25) is 6.79 Å². The summed E-state index contributed by atoms with van der Waals surface area (Å²) in [6, 6.07) is 9.44. The van der Waals surface area contributed by atoms with Crippen molar-refractivity contribution in [2.24, 2.45) is 0 Å². The second kappa shape index (κ2) is 8.90. The smallest absolute Gasteiger partial charge is 0.269 e. The predicted octanol–water partition coefficient (Wildman–Crippen LogP) is 1.48. The minimum atomic E-state index is -0.157. The molecule has 2 aromatic rings. The topological polar surface area (TPSA) is 85.0 Å². The van der Waals surface area contributed by atoms with Crippen LogP contribution in [0, 0.1) is 0 Å². The first-order valence-electron chi connectivity index (χ1n) is 9.45.